The predicted octanol–water partition coefficient (Wildman–Crippen LogP) is 1.77. The number of hydrogen-bond acceptors (Lipinski definition) is 6. The molecule has 2 aromatic rings. The molecule has 0 saturated carbocycles. The highest BCUT2D eigenvalue weighted by Gasteiger charge is 2.20. The Morgan fingerprint density at radius 2 is 2.00 bits per heavy atom. The first-order chi connectivity index (χ1) is 10.5. The third kappa shape index (κ3) is 3.24. The Morgan fingerprint density at radius 3 is 2.59 bits per heavy atom. The van der Waals surface area contributed by atoms with Gasteiger partial charge in [0, 0.05) is 12.6 Å². The number of rotatable bonds is 5. The zero-order valence-corrected chi connectivity index (χ0v) is 11.4. The maximum absolute atomic E-state index is 12.0. The molecule has 7 heteroatoms. The summed E-state index contributed by atoms with van der Waals surface area (Å²) in [7, 11) is 0. The Labute approximate surface area is 125 Å². The van der Waals surface area contributed by atoms with Crippen LogP contribution in [0.25, 0.3) is 11.4 Å². The lowest BCUT2D eigenvalue weighted by atomic mass is 10.1. The predicted molar refractivity (Wildman–Crippen MR) is 75.0 cm³/mol. The summed E-state index contributed by atoms with van der Waals surface area (Å²) in [5.41, 5.74) is 0.259. The van der Waals surface area contributed by atoms with E-state index in [4.69, 9.17) is 10.4 Å². The fourth-order valence-corrected chi connectivity index (χ4v) is 1.80. The van der Waals surface area contributed by atoms with Crippen molar-refractivity contribution in [1.82, 2.24) is 9.97 Å². The van der Waals surface area contributed by atoms with Gasteiger partial charge in [-0.2, -0.15) is 5.26 Å². The summed E-state index contributed by atoms with van der Waals surface area (Å²) in [6.45, 7) is 0. The number of carboxylic acids is 1. The van der Waals surface area contributed by atoms with Gasteiger partial charge in [0.25, 0.3) is 0 Å². The molecular weight excluding hydrogens is 286 g/mol. The first-order valence-electron chi connectivity index (χ1n) is 6.33. The Morgan fingerprint density at radius 1 is 1.23 bits per heavy atom. The second-order valence-electron chi connectivity index (χ2n) is 4.40. The van der Waals surface area contributed by atoms with E-state index in [2.05, 4.69) is 9.97 Å². The number of ketones is 1. The third-order valence-corrected chi connectivity index (χ3v) is 2.87. The molecule has 0 bridgehead atoms. The molecule has 0 aromatic carbocycles. The smallest absolute Gasteiger partial charge is 0.303 e. The molecule has 0 fully saturated rings. The van der Waals surface area contributed by atoms with Gasteiger partial charge < -0.3 is 10.2 Å². The Hall–Kier alpha value is -3.27. The lowest BCUT2D eigenvalue weighted by molar-refractivity contribution is -0.136. The summed E-state index contributed by atoms with van der Waals surface area (Å²) in [4.78, 5) is 30.6. The van der Waals surface area contributed by atoms with Gasteiger partial charge in [-0.05, 0) is 18.2 Å². The number of carbonyl (C=O) groups excluding carboxylic acids is 1. The number of carboxylic acid groups (broad SMARTS) is 1. The Bertz CT molecular complexity index is 766. The molecule has 2 aromatic heterocycles. The molecule has 0 unspecified atom stereocenters. The zero-order chi connectivity index (χ0) is 16.1. The number of pyridine rings is 2. The summed E-state index contributed by atoms with van der Waals surface area (Å²) < 4.78 is 0. The van der Waals surface area contributed by atoms with Crippen LogP contribution in [0.1, 0.15) is 28.9 Å². The molecular formula is C15H11N3O4. The van der Waals surface area contributed by atoms with Crippen molar-refractivity contribution < 1.29 is 19.8 Å². The van der Waals surface area contributed by atoms with Crippen molar-refractivity contribution in [3.05, 3.63) is 41.7 Å². The highest BCUT2D eigenvalue weighted by Crippen LogP contribution is 2.26. The summed E-state index contributed by atoms with van der Waals surface area (Å²) in [6, 6.07) is 8.17. The molecule has 2 N–H and O–H groups in total. The maximum atomic E-state index is 12.0. The van der Waals surface area contributed by atoms with Crippen LogP contribution >= 0.6 is 0 Å². The van der Waals surface area contributed by atoms with Crippen LogP contribution in [0.2, 0.25) is 0 Å². The second-order valence-corrected chi connectivity index (χ2v) is 4.40. The van der Waals surface area contributed by atoms with Crippen LogP contribution in [-0.4, -0.2) is 31.9 Å². The van der Waals surface area contributed by atoms with Crippen molar-refractivity contribution in [2.45, 2.75) is 12.8 Å². The first-order valence-corrected chi connectivity index (χ1v) is 6.33. The van der Waals surface area contributed by atoms with Crippen molar-refractivity contribution in [3.8, 4) is 23.2 Å². The quantitative estimate of drug-likeness (QED) is 0.805. The molecule has 0 saturated heterocycles. The van der Waals surface area contributed by atoms with Crippen LogP contribution in [0.5, 0.6) is 5.75 Å². The number of Topliss-reactive ketones (excluding diaryl/α,β-unsaturated/α-hetero) is 1. The van der Waals surface area contributed by atoms with Gasteiger partial charge in [-0.1, -0.05) is 6.07 Å². The van der Waals surface area contributed by atoms with E-state index in [9.17, 15) is 14.7 Å². The van der Waals surface area contributed by atoms with Gasteiger partial charge >= 0.3 is 5.97 Å². The molecule has 110 valence electrons. The van der Waals surface area contributed by atoms with Crippen molar-refractivity contribution in [3.63, 3.8) is 0 Å². The number of carbonyl (C=O) groups is 2. The van der Waals surface area contributed by atoms with Crippen LogP contribution in [0.3, 0.4) is 0 Å². The molecule has 2 heterocycles. The van der Waals surface area contributed by atoms with Gasteiger partial charge in [0.2, 0.25) is 0 Å². The van der Waals surface area contributed by atoms with Gasteiger partial charge in [0.15, 0.2) is 11.5 Å². The van der Waals surface area contributed by atoms with Gasteiger partial charge in [-0.15, -0.1) is 0 Å². The Kier molecular flexibility index (Phi) is 4.44. The van der Waals surface area contributed by atoms with Crippen molar-refractivity contribution in [2.75, 3.05) is 0 Å². The Balaban J connectivity index is 2.47. The summed E-state index contributed by atoms with van der Waals surface area (Å²) in [5.74, 6) is -2.32. The van der Waals surface area contributed by atoms with E-state index in [0.717, 1.165) is 0 Å². The van der Waals surface area contributed by atoms with Crippen LogP contribution in [-0.2, 0) is 4.79 Å². The minimum absolute atomic E-state index is 0.116. The fraction of sp³-hybridized carbons (Fsp3) is 0.133. The minimum Gasteiger partial charge on any atom is -0.504 e. The lowest BCUT2D eigenvalue weighted by Crippen LogP contribution is -2.08. The van der Waals surface area contributed by atoms with E-state index in [1.165, 1.54) is 12.3 Å². The third-order valence-electron chi connectivity index (χ3n) is 2.87. The molecule has 0 aliphatic heterocycles. The molecule has 0 atom stereocenters. The molecule has 7 nitrogen and oxygen atoms in total. The van der Waals surface area contributed by atoms with Crippen LogP contribution in [0, 0.1) is 11.3 Å². The normalized spacial score (nSPS) is 9.95. The second kappa shape index (κ2) is 6.45. The average molecular weight is 297 g/mol. The standard InChI is InChI=1S/C15H11N3O4/c16-8-9-7-11(10-3-1-2-6-17-10)18-14(15(9)22)12(19)4-5-13(20)21/h1-3,6-7,22H,4-5H2,(H,20,21). The molecule has 22 heavy (non-hydrogen) atoms. The zero-order valence-electron chi connectivity index (χ0n) is 11.4. The number of hydrogen-bond donors (Lipinski definition) is 2. The van der Waals surface area contributed by atoms with E-state index in [0.29, 0.717) is 5.69 Å². The lowest BCUT2D eigenvalue weighted by Gasteiger charge is -2.07. The topological polar surface area (TPSA) is 124 Å². The molecule has 0 aliphatic carbocycles. The van der Waals surface area contributed by atoms with Gasteiger partial charge in [-0.3, -0.25) is 14.6 Å². The van der Waals surface area contributed by atoms with Crippen molar-refractivity contribution in [2.24, 2.45) is 0 Å². The number of aromatic hydroxyl groups is 1. The summed E-state index contributed by atoms with van der Waals surface area (Å²) in [6.07, 6.45) is 0.837. The van der Waals surface area contributed by atoms with E-state index < -0.39 is 17.5 Å². The van der Waals surface area contributed by atoms with Gasteiger partial charge in [-0.25, -0.2) is 4.98 Å². The summed E-state index contributed by atoms with van der Waals surface area (Å²) >= 11 is 0. The van der Waals surface area contributed by atoms with Crippen molar-refractivity contribution >= 4 is 11.8 Å². The largest absolute Gasteiger partial charge is 0.504 e. The number of nitriles is 1. The van der Waals surface area contributed by atoms with E-state index >= 15 is 0 Å². The van der Waals surface area contributed by atoms with Crippen molar-refractivity contribution in [1.29, 1.82) is 5.26 Å². The molecule has 0 aliphatic rings. The number of aromatic nitrogens is 2. The van der Waals surface area contributed by atoms with E-state index in [1.54, 1.807) is 24.3 Å². The average Bonchev–Trinajstić information content (AvgIpc) is 2.53. The molecule has 0 amide bonds. The number of aliphatic carboxylic acids is 1. The highest BCUT2D eigenvalue weighted by molar-refractivity contribution is 5.99. The van der Waals surface area contributed by atoms with E-state index in [1.807, 2.05) is 0 Å². The molecule has 0 spiro atoms. The van der Waals surface area contributed by atoms with Crippen LogP contribution in [0.4, 0.5) is 0 Å². The fourth-order valence-electron chi connectivity index (χ4n) is 1.80. The van der Waals surface area contributed by atoms with Gasteiger partial charge in [0.05, 0.1) is 23.4 Å². The number of nitrogens with zero attached hydrogens (tertiary/aromatic N) is 3. The minimum atomic E-state index is -1.13. The maximum Gasteiger partial charge on any atom is 0.303 e. The SMILES string of the molecule is N#Cc1cc(-c2ccccn2)nc(C(=O)CCC(=O)O)c1O. The molecule has 0 radical (unpaired) electrons. The monoisotopic (exact) mass is 297 g/mol. The van der Waals surface area contributed by atoms with E-state index in [-0.39, 0.29) is 29.8 Å². The van der Waals surface area contributed by atoms with Crippen LogP contribution in [0.15, 0.2) is 30.5 Å². The van der Waals surface area contributed by atoms with Crippen LogP contribution < -0.4 is 0 Å². The van der Waals surface area contributed by atoms with Gasteiger partial charge in [0.1, 0.15) is 11.8 Å². The highest BCUT2D eigenvalue weighted by atomic mass is 16.4. The molecule has 2 rings (SSSR count). The first kappa shape index (κ1) is 15.1. The summed E-state index contributed by atoms with van der Waals surface area (Å²) in [5, 5.41) is 27.6.